The molecular weight excluding hydrogens is 266 g/mol. The lowest BCUT2D eigenvalue weighted by atomic mass is 10.2. The Morgan fingerprint density at radius 1 is 1.05 bits per heavy atom. The molecule has 0 amide bonds. The fourth-order valence-electron chi connectivity index (χ4n) is 2.72. The molecule has 2 aromatic carbocycles. The number of benzene rings is 2. The Morgan fingerprint density at radius 2 is 1.80 bits per heavy atom. The first kappa shape index (κ1) is 11.9. The lowest BCUT2D eigenvalue weighted by Crippen LogP contribution is -2.44. The van der Waals surface area contributed by atoms with E-state index in [1.807, 2.05) is 17.8 Å². The van der Waals surface area contributed by atoms with E-state index in [2.05, 4.69) is 65.8 Å². The standard InChI is InChI=1S/C16H15N3S/c1-19-13-10-6-5-9-12(13)17-14-16(19)20-15(18-14)11-7-3-2-4-8-11/h2-10,14,16-17H,1H3/t14-,16+/m0/s1. The molecule has 0 radical (unpaired) electrons. The van der Waals surface area contributed by atoms with Crippen molar-refractivity contribution >= 4 is 28.2 Å². The number of fused-ring (bicyclic) bond motifs is 2. The van der Waals surface area contributed by atoms with Crippen LogP contribution in [0.4, 0.5) is 11.4 Å². The van der Waals surface area contributed by atoms with Gasteiger partial charge in [-0.25, -0.2) is 4.99 Å². The first-order valence-electron chi connectivity index (χ1n) is 6.71. The van der Waals surface area contributed by atoms with Gasteiger partial charge in [-0.1, -0.05) is 54.2 Å². The van der Waals surface area contributed by atoms with E-state index in [0.29, 0.717) is 5.37 Å². The number of likely N-dealkylation sites (N-methyl/N-ethyl adjacent to an activating group) is 1. The second-order valence-corrected chi connectivity index (χ2v) is 6.13. The van der Waals surface area contributed by atoms with Gasteiger partial charge in [-0.05, 0) is 12.1 Å². The summed E-state index contributed by atoms with van der Waals surface area (Å²) in [5.41, 5.74) is 3.60. The Morgan fingerprint density at radius 3 is 2.65 bits per heavy atom. The second kappa shape index (κ2) is 4.56. The SMILES string of the molecule is CN1c2ccccc2N[C@H]2N=C(c3ccccc3)S[C@H]21. The maximum absolute atomic E-state index is 4.86. The number of anilines is 2. The summed E-state index contributed by atoms with van der Waals surface area (Å²) in [7, 11) is 2.15. The molecule has 0 saturated carbocycles. The van der Waals surface area contributed by atoms with Crippen molar-refractivity contribution in [2.75, 3.05) is 17.3 Å². The van der Waals surface area contributed by atoms with Crippen LogP contribution in [0, 0.1) is 0 Å². The maximum Gasteiger partial charge on any atom is 0.150 e. The Bertz CT molecular complexity index is 668. The number of nitrogens with one attached hydrogen (secondary N) is 1. The fraction of sp³-hybridized carbons (Fsp3) is 0.188. The molecular formula is C16H15N3S. The fourth-order valence-corrected chi connectivity index (χ4v) is 3.92. The quantitative estimate of drug-likeness (QED) is 0.868. The van der Waals surface area contributed by atoms with Gasteiger partial charge in [0.05, 0.1) is 11.4 Å². The van der Waals surface area contributed by atoms with Crippen LogP contribution in [0.5, 0.6) is 0 Å². The number of para-hydroxylation sites is 2. The van der Waals surface area contributed by atoms with Gasteiger partial charge in [-0.3, -0.25) is 0 Å². The predicted octanol–water partition coefficient (Wildman–Crippen LogP) is 3.39. The minimum atomic E-state index is 0.120. The van der Waals surface area contributed by atoms with E-state index in [1.165, 1.54) is 11.3 Å². The minimum Gasteiger partial charge on any atom is -0.360 e. The third kappa shape index (κ3) is 1.79. The molecule has 100 valence electrons. The molecule has 2 aliphatic heterocycles. The minimum absolute atomic E-state index is 0.120. The molecule has 2 atom stereocenters. The van der Waals surface area contributed by atoms with Gasteiger partial charge >= 0.3 is 0 Å². The smallest absolute Gasteiger partial charge is 0.150 e. The highest BCUT2D eigenvalue weighted by atomic mass is 32.2. The van der Waals surface area contributed by atoms with Crippen LogP contribution >= 0.6 is 11.8 Å². The highest BCUT2D eigenvalue weighted by molar-refractivity contribution is 8.15. The summed E-state index contributed by atoms with van der Waals surface area (Å²) >= 11 is 1.83. The van der Waals surface area contributed by atoms with Crippen LogP contribution in [-0.2, 0) is 0 Å². The molecule has 3 nitrogen and oxygen atoms in total. The predicted molar refractivity (Wildman–Crippen MR) is 86.6 cm³/mol. The molecule has 4 heteroatoms. The maximum atomic E-state index is 4.86. The molecule has 1 N–H and O–H groups in total. The summed E-state index contributed by atoms with van der Waals surface area (Å²) in [5.74, 6) is 0. The molecule has 0 unspecified atom stereocenters. The van der Waals surface area contributed by atoms with Crippen LogP contribution in [0.2, 0.25) is 0 Å². The van der Waals surface area contributed by atoms with Crippen LogP contribution in [0.3, 0.4) is 0 Å². The van der Waals surface area contributed by atoms with Crippen molar-refractivity contribution < 1.29 is 0 Å². The first-order chi connectivity index (χ1) is 9.83. The monoisotopic (exact) mass is 281 g/mol. The molecule has 0 aliphatic carbocycles. The second-order valence-electron chi connectivity index (χ2n) is 5.03. The van der Waals surface area contributed by atoms with Gasteiger partial charge in [0.15, 0.2) is 6.17 Å². The number of hydrogen-bond acceptors (Lipinski definition) is 4. The lowest BCUT2D eigenvalue weighted by molar-refractivity contribution is 0.684. The van der Waals surface area contributed by atoms with Crippen molar-refractivity contribution in [1.29, 1.82) is 0 Å². The van der Waals surface area contributed by atoms with Crippen molar-refractivity contribution in [3.63, 3.8) is 0 Å². The molecule has 0 spiro atoms. The summed E-state index contributed by atoms with van der Waals surface area (Å²) in [6.45, 7) is 0. The van der Waals surface area contributed by atoms with Gasteiger partial charge in [0, 0.05) is 12.6 Å². The van der Waals surface area contributed by atoms with Gasteiger partial charge in [-0.15, -0.1) is 0 Å². The van der Waals surface area contributed by atoms with Crippen LogP contribution in [0.1, 0.15) is 5.56 Å². The van der Waals surface area contributed by atoms with E-state index in [9.17, 15) is 0 Å². The third-order valence-corrected chi connectivity index (χ3v) is 5.13. The average Bonchev–Trinajstić information content (AvgIpc) is 2.93. The van der Waals surface area contributed by atoms with Crippen molar-refractivity contribution in [2.45, 2.75) is 11.5 Å². The van der Waals surface area contributed by atoms with Crippen LogP contribution in [0.25, 0.3) is 0 Å². The topological polar surface area (TPSA) is 27.6 Å². The molecule has 2 heterocycles. The van der Waals surface area contributed by atoms with E-state index in [0.717, 1.165) is 10.7 Å². The zero-order valence-electron chi connectivity index (χ0n) is 11.2. The largest absolute Gasteiger partial charge is 0.360 e. The third-order valence-electron chi connectivity index (χ3n) is 3.75. The van der Waals surface area contributed by atoms with Crippen molar-refractivity contribution in [3.05, 3.63) is 60.2 Å². The van der Waals surface area contributed by atoms with Crippen LogP contribution < -0.4 is 10.2 Å². The Kier molecular flexibility index (Phi) is 2.70. The van der Waals surface area contributed by atoms with Crippen LogP contribution in [0.15, 0.2) is 59.6 Å². The Hall–Kier alpha value is -1.94. The lowest BCUT2D eigenvalue weighted by Gasteiger charge is -2.37. The van der Waals surface area contributed by atoms with E-state index >= 15 is 0 Å². The van der Waals surface area contributed by atoms with Gasteiger partial charge in [0.25, 0.3) is 0 Å². The number of aliphatic imine (C=N–C) groups is 1. The molecule has 2 aromatic rings. The molecule has 0 fully saturated rings. The zero-order chi connectivity index (χ0) is 13.5. The molecule has 0 bridgehead atoms. The zero-order valence-corrected chi connectivity index (χ0v) is 12.0. The summed E-state index contributed by atoms with van der Waals surface area (Å²) in [6, 6.07) is 18.8. The summed E-state index contributed by atoms with van der Waals surface area (Å²) in [6.07, 6.45) is 0.120. The van der Waals surface area contributed by atoms with Gasteiger partial charge in [0.1, 0.15) is 10.4 Å². The molecule has 4 rings (SSSR count). The number of thioether (sulfide) groups is 1. The van der Waals surface area contributed by atoms with Crippen LogP contribution in [-0.4, -0.2) is 23.6 Å². The van der Waals surface area contributed by atoms with Gasteiger partial charge in [-0.2, -0.15) is 0 Å². The normalized spacial score (nSPS) is 23.6. The first-order valence-corrected chi connectivity index (χ1v) is 7.59. The highest BCUT2D eigenvalue weighted by Crippen LogP contribution is 2.41. The molecule has 0 saturated heterocycles. The van der Waals surface area contributed by atoms with Gasteiger partial charge < -0.3 is 10.2 Å². The summed E-state index contributed by atoms with van der Waals surface area (Å²) in [5, 5.41) is 4.98. The van der Waals surface area contributed by atoms with E-state index in [1.54, 1.807) is 0 Å². The van der Waals surface area contributed by atoms with E-state index in [-0.39, 0.29) is 6.17 Å². The van der Waals surface area contributed by atoms with Crippen molar-refractivity contribution in [1.82, 2.24) is 0 Å². The molecule has 20 heavy (non-hydrogen) atoms. The van der Waals surface area contributed by atoms with E-state index in [4.69, 9.17) is 4.99 Å². The Labute approximate surface area is 122 Å². The average molecular weight is 281 g/mol. The highest BCUT2D eigenvalue weighted by Gasteiger charge is 2.38. The van der Waals surface area contributed by atoms with Crippen molar-refractivity contribution in [3.8, 4) is 0 Å². The molecule has 2 aliphatic rings. The van der Waals surface area contributed by atoms with Gasteiger partial charge in [0.2, 0.25) is 0 Å². The number of hydrogen-bond donors (Lipinski definition) is 1. The molecule has 0 aromatic heterocycles. The van der Waals surface area contributed by atoms with Crippen molar-refractivity contribution in [2.24, 2.45) is 4.99 Å². The summed E-state index contributed by atoms with van der Waals surface area (Å²) in [4.78, 5) is 7.18. The number of nitrogens with zero attached hydrogens (tertiary/aromatic N) is 2. The Balaban J connectivity index is 1.69. The van der Waals surface area contributed by atoms with E-state index < -0.39 is 0 Å². The summed E-state index contributed by atoms with van der Waals surface area (Å²) < 4.78 is 0. The number of rotatable bonds is 1.